The molecule has 0 aliphatic carbocycles. The largest absolute Gasteiger partial charge is 0.241 e. The van der Waals surface area contributed by atoms with Crippen LogP contribution in [0.4, 0.5) is 0 Å². The van der Waals surface area contributed by atoms with Crippen LogP contribution in [-0.2, 0) is 0 Å². The van der Waals surface area contributed by atoms with Gasteiger partial charge in [0, 0.05) is 17.3 Å². The SMILES string of the molecule is Clc1cc(C(Br)c2cnn(-c3ccccc3)c2)c(Cl)s1. The summed E-state index contributed by atoms with van der Waals surface area (Å²) in [4.78, 5) is -0.0174. The molecule has 0 saturated carbocycles. The Labute approximate surface area is 139 Å². The lowest BCUT2D eigenvalue weighted by molar-refractivity contribution is 0.880. The molecule has 2 nitrogen and oxygen atoms in total. The number of nitrogens with zero attached hydrogens (tertiary/aromatic N) is 2. The Hall–Kier alpha value is -0.810. The summed E-state index contributed by atoms with van der Waals surface area (Å²) in [5, 5.41) is 4.38. The Bertz CT molecular complexity index is 724. The molecule has 0 N–H and O–H groups in total. The highest BCUT2D eigenvalue weighted by molar-refractivity contribution is 9.09. The molecule has 0 aliphatic rings. The van der Waals surface area contributed by atoms with Crippen LogP contribution in [0.3, 0.4) is 0 Å². The Balaban J connectivity index is 1.92. The second kappa shape index (κ2) is 5.90. The fraction of sp³-hybridized carbons (Fsp3) is 0.0714. The molecule has 0 radical (unpaired) electrons. The number of hydrogen-bond donors (Lipinski definition) is 0. The van der Waals surface area contributed by atoms with Crippen LogP contribution in [0.1, 0.15) is 16.0 Å². The van der Waals surface area contributed by atoms with Crippen LogP contribution in [0.5, 0.6) is 0 Å². The van der Waals surface area contributed by atoms with E-state index in [-0.39, 0.29) is 4.83 Å². The summed E-state index contributed by atoms with van der Waals surface area (Å²) in [5.41, 5.74) is 3.02. The smallest absolute Gasteiger partial charge is 0.0990 e. The minimum atomic E-state index is -0.0174. The topological polar surface area (TPSA) is 17.8 Å². The van der Waals surface area contributed by atoms with Crippen molar-refractivity contribution in [2.45, 2.75) is 4.83 Å². The molecule has 3 aromatic rings. The van der Waals surface area contributed by atoms with E-state index in [1.807, 2.05) is 53.5 Å². The maximum atomic E-state index is 6.19. The van der Waals surface area contributed by atoms with Gasteiger partial charge >= 0.3 is 0 Å². The summed E-state index contributed by atoms with van der Waals surface area (Å²) in [5.74, 6) is 0. The van der Waals surface area contributed by atoms with Gasteiger partial charge in [0.15, 0.2) is 0 Å². The highest BCUT2D eigenvalue weighted by Gasteiger charge is 2.18. The first-order valence-corrected chi connectivity index (χ1v) is 8.33. The first-order chi connectivity index (χ1) is 9.65. The number of aromatic nitrogens is 2. The van der Waals surface area contributed by atoms with Gasteiger partial charge in [0.2, 0.25) is 0 Å². The standard InChI is InChI=1S/C14H9BrCl2N2S/c15-13(11-6-12(16)20-14(11)17)9-7-18-19(8-9)10-4-2-1-3-5-10/h1-8,13H. The van der Waals surface area contributed by atoms with Crippen LogP contribution in [-0.4, -0.2) is 9.78 Å². The third kappa shape index (κ3) is 2.79. The van der Waals surface area contributed by atoms with Gasteiger partial charge in [-0.15, -0.1) is 11.3 Å². The molecule has 0 bridgehead atoms. The van der Waals surface area contributed by atoms with Crippen LogP contribution >= 0.6 is 50.5 Å². The van der Waals surface area contributed by atoms with Gasteiger partial charge in [0.25, 0.3) is 0 Å². The first kappa shape index (κ1) is 14.1. The normalized spacial score (nSPS) is 12.6. The fourth-order valence-corrected chi connectivity index (χ4v) is 4.31. The molecule has 0 aliphatic heterocycles. The Kier molecular flexibility index (Phi) is 4.17. The maximum Gasteiger partial charge on any atom is 0.0990 e. The van der Waals surface area contributed by atoms with Crippen molar-refractivity contribution in [3.63, 3.8) is 0 Å². The summed E-state index contributed by atoms with van der Waals surface area (Å²) in [6, 6.07) is 11.8. The first-order valence-electron chi connectivity index (χ1n) is 5.84. The third-order valence-electron chi connectivity index (χ3n) is 2.87. The Morgan fingerprint density at radius 3 is 2.60 bits per heavy atom. The van der Waals surface area contributed by atoms with E-state index in [0.29, 0.717) is 8.67 Å². The molecule has 6 heteroatoms. The molecule has 3 rings (SSSR count). The van der Waals surface area contributed by atoms with Crippen molar-refractivity contribution >= 4 is 50.5 Å². The second-order valence-corrected chi connectivity index (χ2v) is 7.40. The number of para-hydroxylation sites is 1. The minimum Gasteiger partial charge on any atom is -0.241 e. The van der Waals surface area contributed by atoms with E-state index in [1.165, 1.54) is 11.3 Å². The lowest BCUT2D eigenvalue weighted by Gasteiger charge is -2.05. The van der Waals surface area contributed by atoms with E-state index >= 15 is 0 Å². The third-order valence-corrected chi connectivity index (χ3v) is 5.41. The van der Waals surface area contributed by atoms with Crippen LogP contribution in [0.2, 0.25) is 8.67 Å². The molecule has 1 aromatic carbocycles. The Morgan fingerprint density at radius 2 is 1.95 bits per heavy atom. The lowest BCUT2D eigenvalue weighted by Crippen LogP contribution is -1.93. The van der Waals surface area contributed by atoms with E-state index in [0.717, 1.165) is 16.8 Å². The van der Waals surface area contributed by atoms with E-state index in [9.17, 15) is 0 Å². The number of halogens is 3. The van der Waals surface area contributed by atoms with Crippen molar-refractivity contribution in [3.05, 3.63) is 68.6 Å². The average Bonchev–Trinajstić information content (AvgIpc) is 3.06. The molecular weight excluding hydrogens is 379 g/mol. The molecule has 1 atom stereocenters. The molecule has 102 valence electrons. The quantitative estimate of drug-likeness (QED) is 0.525. The van der Waals surface area contributed by atoms with Crippen LogP contribution in [0, 0.1) is 0 Å². The molecule has 0 saturated heterocycles. The van der Waals surface area contributed by atoms with Gasteiger partial charge in [-0.05, 0) is 18.2 Å². The van der Waals surface area contributed by atoms with E-state index in [2.05, 4.69) is 21.0 Å². The predicted molar refractivity (Wildman–Crippen MR) is 88.7 cm³/mol. The summed E-state index contributed by atoms with van der Waals surface area (Å²) in [7, 11) is 0. The van der Waals surface area contributed by atoms with Gasteiger partial charge in [-0.1, -0.05) is 57.3 Å². The van der Waals surface area contributed by atoms with Gasteiger partial charge in [-0.25, -0.2) is 4.68 Å². The molecule has 0 spiro atoms. The molecule has 2 heterocycles. The van der Waals surface area contributed by atoms with Gasteiger partial charge in [-0.3, -0.25) is 0 Å². The van der Waals surface area contributed by atoms with Crippen molar-refractivity contribution in [1.29, 1.82) is 0 Å². The monoisotopic (exact) mass is 386 g/mol. The van der Waals surface area contributed by atoms with Crippen LogP contribution < -0.4 is 0 Å². The highest BCUT2D eigenvalue weighted by atomic mass is 79.9. The summed E-state index contributed by atoms with van der Waals surface area (Å²) in [6.07, 6.45) is 3.81. The predicted octanol–water partition coefficient (Wildman–Crippen LogP) is 5.72. The summed E-state index contributed by atoms with van der Waals surface area (Å²) in [6.45, 7) is 0. The van der Waals surface area contributed by atoms with Crippen LogP contribution in [0.25, 0.3) is 5.69 Å². The molecule has 0 amide bonds. The second-order valence-electron chi connectivity index (χ2n) is 4.20. The number of rotatable bonds is 3. The molecule has 0 fully saturated rings. The zero-order chi connectivity index (χ0) is 14.1. The van der Waals surface area contributed by atoms with E-state index < -0.39 is 0 Å². The summed E-state index contributed by atoms with van der Waals surface area (Å²) >= 11 is 17.2. The van der Waals surface area contributed by atoms with Gasteiger partial charge in [0.05, 0.1) is 25.4 Å². The average molecular weight is 388 g/mol. The van der Waals surface area contributed by atoms with Gasteiger partial charge in [-0.2, -0.15) is 5.10 Å². The zero-order valence-corrected chi connectivity index (χ0v) is 14.0. The number of alkyl halides is 1. The molecule has 20 heavy (non-hydrogen) atoms. The van der Waals surface area contributed by atoms with Crippen molar-refractivity contribution in [2.24, 2.45) is 0 Å². The fourth-order valence-electron chi connectivity index (χ4n) is 1.89. The molecule has 2 aromatic heterocycles. The highest BCUT2D eigenvalue weighted by Crippen LogP contribution is 2.41. The molecular formula is C14H9BrCl2N2S. The Morgan fingerprint density at radius 1 is 1.20 bits per heavy atom. The number of benzene rings is 1. The van der Waals surface area contributed by atoms with Crippen molar-refractivity contribution in [1.82, 2.24) is 9.78 Å². The lowest BCUT2D eigenvalue weighted by atomic mass is 10.1. The maximum absolute atomic E-state index is 6.19. The zero-order valence-electron chi connectivity index (χ0n) is 10.1. The summed E-state index contributed by atoms with van der Waals surface area (Å²) < 4.78 is 3.22. The number of hydrogen-bond acceptors (Lipinski definition) is 2. The number of thiophene rings is 1. The van der Waals surface area contributed by atoms with Gasteiger partial charge in [0.1, 0.15) is 0 Å². The van der Waals surface area contributed by atoms with Gasteiger partial charge < -0.3 is 0 Å². The van der Waals surface area contributed by atoms with E-state index in [1.54, 1.807) is 0 Å². The van der Waals surface area contributed by atoms with Crippen molar-refractivity contribution < 1.29 is 0 Å². The van der Waals surface area contributed by atoms with Crippen molar-refractivity contribution in [2.75, 3.05) is 0 Å². The van der Waals surface area contributed by atoms with Crippen molar-refractivity contribution in [3.8, 4) is 5.69 Å². The minimum absolute atomic E-state index is 0.0174. The molecule has 1 unspecified atom stereocenters. The van der Waals surface area contributed by atoms with E-state index in [4.69, 9.17) is 23.2 Å². The van der Waals surface area contributed by atoms with Crippen LogP contribution in [0.15, 0.2) is 48.8 Å².